The van der Waals surface area contributed by atoms with Crippen LogP contribution in [-0.4, -0.2) is 10.9 Å². The van der Waals surface area contributed by atoms with Crippen molar-refractivity contribution in [1.82, 2.24) is 0 Å². The van der Waals surface area contributed by atoms with Crippen LogP contribution in [0.2, 0.25) is 0 Å². The summed E-state index contributed by atoms with van der Waals surface area (Å²) in [7, 11) is 0. The number of hydrogen-bond donors (Lipinski definition) is 1. The first-order chi connectivity index (χ1) is 7.10. The summed E-state index contributed by atoms with van der Waals surface area (Å²) in [6, 6.07) is 7.24. The molecule has 0 radical (unpaired) electrons. The van der Waals surface area contributed by atoms with E-state index in [0.717, 1.165) is 24.8 Å². The maximum absolute atomic E-state index is 11.5. The second-order valence-electron chi connectivity index (χ2n) is 4.68. The molecule has 1 aliphatic rings. The monoisotopic (exact) mass is 204 g/mol. The van der Waals surface area contributed by atoms with Crippen molar-refractivity contribution in [1.29, 1.82) is 0 Å². The molecule has 0 saturated heterocycles. The smallest absolute Gasteiger partial charge is 0.133 e. The van der Waals surface area contributed by atoms with Gasteiger partial charge in [0.05, 0.1) is 0 Å². The Morgan fingerprint density at radius 2 is 1.93 bits per heavy atom. The number of phenolic OH excluding ortho intramolecular Hbond substituents is 1. The molecule has 0 aromatic heterocycles. The lowest BCUT2D eigenvalue weighted by atomic mass is 9.70. The van der Waals surface area contributed by atoms with E-state index >= 15 is 0 Å². The molecule has 1 aliphatic carbocycles. The molecular formula is C13H16O2. The zero-order valence-electron chi connectivity index (χ0n) is 8.99. The number of carbonyl (C=O) groups is 1. The third-order valence-corrected chi connectivity index (χ3v) is 3.34. The predicted octanol–water partition coefficient (Wildman–Crippen LogP) is 2.79. The number of rotatable bonds is 1. The third-order valence-electron chi connectivity index (χ3n) is 3.34. The maximum Gasteiger partial charge on any atom is 0.133 e. The summed E-state index contributed by atoms with van der Waals surface area (Å²) in [5, 5.41) is 9.22. The van der Waals surface area contributed by atoms with Crippen molar-refractivity contribution >= 4 is 5.78 Å². The normalized spacial score (nSPS) is 26.6. The minimum atomic E-state index is -0.0248. The molecule has 1 fully saturated rings. The van der Waals surface area contributed by atoms with Gasteiger partial charge in [0, 0.05) is 12.8 Å². The Hall–Kier alpha value is -1.31. The van der Waals surface area contributed by atoms with E-state index < -0.39 is 0 Å². The summed E-state index contributed by atoms with van der Waals surface area (Å²) in [4.78, 5) is 11.5. The van der Waals surface area contributed by atoms with Crippen LogP contribution in [0.25, 0.3) is 0 Å². The number of benzene rings is 1. The number of ketones is 1. The summed E-state index contributed by atoms with van der Waals surface area (Å²) in [6.07, 6.45) is 3.41. The summed E-state index contributed by atoms with van der Waals surface area (Å²) in [5.41, 5.74) is 1.14. The van der Waals surface area contributed by atoms with Gasteiger partial charge < -0.3 is 5.11 Å². The second kappa shape index (κ2) is 3.69. The van der Waals surface area contributed by atoms with E-state index in [1.165, 1.54) is 0 Å². The van der Waals surface area contributed by atoms with Gasteiger partial charge in [-0.25, -0.2) is 0 Å². The van der Waals surface area contributed by atoms with E-state index in [1.54, 1.807) is 12.1 Å². The van der Waals surface area contributed by atoms with E-state index in [1.807, 2.05) is 12.1 Å². The lowest BCUT2D eigenvalue weighted by Crippen LogP contribution is -2.29. The molecule has 80 valence electrons. The Morgan fingerprint density at radius 3 is 2.53 bits per heavy atom. The Kier molecular flexibility index (Phi) is 2.51. The van der Waals surface area contributed by atoms with Gasteiger partial charge in [0.25, 0.3) is 0 Å². The van der Waals surface area contributed by atoms with Crippen molar-refractivity contribution in [3.63, 3.8) is 0 Å². The maximum atomic E-state index is 11.5. The molecule has 0 unspecified atom stereocenters. The highest BCUT2D eigenvalue weighted by Crippen LogP contribution is 2.37. The first kappa shape index (κ1) is 10.2. The lowest BCUT2D eigenvalue weighted by Gasteiger charge is -2.33. The van der Waals surface area contributed by atoms with Crippen LogP contribution in [0, 0.1) is 0 Å². The minimum Gasteiger partial charge on any atom is -0.508 e. The highest BCUT2D eigenvalue weighted by atomic mass is 16.3. The van der Waals surface area contributed by atoms with Gasteiger partial charge in [-0.2, -0.15) is 0 Å². The van der Waals surface area contributed by atoms with Crippen LogP contribution in [0.15, 0.2) is 24.3 Å². The quantitative estimate of drug-likeness (QED) is 0.763. The van der Waals surface area contributed by atoms with Gasteiger partial charge in [0.2, 0.25) is 0 Å². The Labute approximate surface area is 89.9 Å². The standard InChI is InChI=1S/C13H16O2/c1-13(8-2-3-12(15)9-13)10-4-6-11(14)7-5-10/h4-7,14H,2-3,8-9H2,1H3/t13-/m0/s1. The van der Waals surface area contributed by atoms with E-state index in [2.05, 4.69) is 6.92 Å². The average molecular weight is 204 g/mol. The van der Waals surface area contributed by atoms with Crippen LogP contribution in [0.1, 0.15) is 38.2 Å². The van der Waals surface area contributed by atoms with E-state index in [-0.39, 0.29) is 11.2 Å². The fourth-order valence-corrected chi connectivity index (χ4v) is 2.40. The predicted molar refractivity (Wildman–Crippen MR) is 58.9 cm³/mol. The molecule has 0 amide bonds. The van der Waals surface area contributed by atoms with E-state index in [4.69, 9.17) is 0 Å². The van der Waals surface area contributed by atoms with Crippen LogP contribution in [-0.2, 0) is 10.2 Å². The number of phenols is 1. The number of carbonyl (C=O) groups excluding carboxylic acids is 1. The molecule has 1 N–H and O–H groups in total. The van der Waals surface area contributed by atoms with Crippen molar-refractivity contribution in [2.24, 2.45) is 0 Å². The third kappa shape index (κ3) is 2.04. The second-order valence-corrected chi connectivity index (χ2v) is 4.68. The average Bonchev–Trinajstić information content (AvgIpc) is 2.18. The highest BCUT2D eigenvalue weighted by Gasteiger charge is 2.32. The molecule has 1 aromatic rings. The minimum absolute atomic E-state index is 0.0248. The number of Topliss-reactive ketones (excluding diaryl/α,β-unsaturated/α-hetero) is 1. The van der Waals surface area contributed by atoms with E-state index in [9.17, 15) is 9.90 Å². The molecule has 1 aromatic carbocycles. The summed E-state index contributed by atoms with van der Waals surface area (Å²) >= 11 is 0. The van der Waals surface area contributed by atoms with Crippen molar-refractivity contribution in [3.8, 4) is 5.75 Å². The lowest BCUT2D eigenvalue weighted by molar-refractivity contribution is -0.121. The molecule has 2 rings (SSSR count). The summed E-state index contributed by atoms with van der Waals surface area (Å²) in [5.74, 6) is 0.640. The van der Waals surface area contributed by atoms with Gasteiger partial charge in [-0.05, 0) is 36.0 Å². The Balaban J connectivity index is 2.28. The van der Waals surface area contributed by atoms with Gasteiger partial charge in [-0.15, -0.1) is 0 Å². The van der Waals surface area contributed by atoms with Crippen LogP contribution in [0.3, 0.4) is 0 Å². The molecule has 2 nitrogen and oxygen atoms in total. The van der Waals surface area contributed by atoms with Gasteiger partial charge in [-0.3, -0.25) is 4.79 Å². The van der Waals surface area contributed by atoms with Crippen LogP contribution in [0.5, 0.6) is 5.75 Å². The fourth-order valence-electron chi connectivity index (χ4n) is 2.40. The zero-order valence-corrected chi connectivity index (χ0v) is 8.99. The van der Waals surface area contributed by atoms with Gasteiger partial charge >= 0.3 is 0 Å². The van der Waals surface area contributed by atoms with Crippen LogP contribution >= 0.6 is 0 Å². The van der Waals surface area contributed by atoms with Crippen molar-refractivity contribution in [2.75, 3.05) is 0 Å². The van der Waals surface area contributed by atoms with Crippen molar-refractivity contribution in [2.45, 2.75) is 38.0 Å². The molecule has 0 bridgehead atoms. The largest absolute Gasteiger partial charge is 0.508 e. The zero-order chi connectivity index (χ0) is 10.9. The first-order valence-corrected chi connectivity index (χ1v) is 5.41. The van der Waals surface area contributed by atoms with Crippen LogP contribution < -0.4 is 0 Å². The molecule has 2 heteroatoms. The first-order valence-electron chi connectivity index (χ1n) is 5.41. The highest BCUT2D eigenvalue weighted by molar-refractivity contribution is 5.80. The molecule has 0 aliphatic heterocycles. The fraction of sp³-hybridized carbons (Fsp3) is 0.462. The topological polar surface area (TPSA) is 37.3 Å². The van der Waals surface area contributed by atoms with Crippen LogP contribution in [0.4, 0.5) is 0 Å². The number of aromatic hydroxyl groups is 1. The van der Waals surface area contributed by atoms with E-state index in [0.29, 0.717) is 12.2 Å². The summed E-state index contributed by atoms with van der Waals surface area (Å²) in [6.45, 7) is 2.14. The molecule has 1 atom stereocenters. The number of hydrogen-bond acceptors (Lipinski definition) is 2. The summed E-state index contributed by atoms with van der Waals surface area (Å²) < 4.78 is 0. The Bertz CT molecular complexity index is 367. The molecule has 1 saturated carbocycles. The van der Waals surface area contributed by atoms with Crippen molar-refractivity contribution < 1.29 is 9.90 Å². The van der Waals surface area contributed by atoms with Crippen molar-refractivity contribution in [3.05, 3.63) is 29.8 Å². The van der Waals surface area contributed by atoms with Gasteiger partial charge in [-0.1, -0.05) is 19.1 Å². The molecule has 15 heavy (non-hydrogen) atoms. The Morgan fingerprint density at radius 1 is 1.27 bits per heavy atom. The molecule has 0 heterocycles. The molecule has 0 spiro atoms. The molecular weight excluding hydrogens is 188 g/mol. The SMILES string of the molecule is C[C@]1(c2ccc(O)cc2)CCCC(=O)C1. The van der Waals surface area contributed by atoms with Gasteiger partial charge in [0.1, 0.15) is 11.5 Å². The van der Waals surface area contributed by atoms with Gasteiger partial charge in [0.15, 0.2) is 0 Å².